The molecule has 0 saturated carbocycles. The zero-order valence-corrected chi connectivity index (χ0v) is 18.6. The van der Waals surface area contributed by atoms with E-state index in [0.717, 1.165) is 15.6 Å². The Kier molecular flexibility index (Phi) is 7.55. The highest BCUT2D eigenvalue weighted by atomic mass is 35.5. The van der Waals surface area contributed by atoms with Crippen molar-refractivity contribution in [2.24, 2.45) is 0 Å². The van der Waals surface area contributed by atoms with Crippen molar-refractivity contribution in [3.63, 3.8) is 0 Å². The van der Waals surface area contributed by atoms with Crippen LogP contribution in [0.1, 0.15) is 12.5 Å². The van der Waals surface area contributed by atoms with Gasteiger partial charge in [0.15, 0.2) is 0 Å². The van der Waals surface area contributed by atoms with Gasteiger partial charge in [-0.1, -0.05) is 41.9 Å². The number of nitrogens with zero attached hydrogens (tertiary/aromatic N) is 1. The monoisotopic (exact) mass is 458 g/mol. The van der Waals surface area contributed by atoms with Crippen LogP contribution < -0.4 is 14.4 Å². The number of hydrogen-bond donors (Lipinski definition) is 1. The maximum absolute atomic E-state index is 13.2. The van der Waals surface area contributed by atoms with Crippen LogP contribution >= 0.6 is 11.6 Å². The number of halogens is 1. The van der Waals surface area contributed by atoms with Gasteiger partial charge in [0.05, 0.1) is 17.2 Å². The van der Waals surface area contributed by atoms with Gasteiger partial charge in [-0.05, 0) is 61.0 Å². The number of hydrogen-bond acceptors (Lipinski definition) is 4. The quantitative estimate of drug-likeness (QED) is 0.520. The SMILES string of the molecule is CCOc1ccc(CNC(=O)CN(c2ccccc2)S(=O)(=O)c2ccc(Cl)cc2)cc1. The molecule has 0 aliphatic heterocycles. The summed E-state index contributed by atoms with van der Waals surface area (Å²) in [7, 11) is -3.96. The highest BCUT2D eigenvalue weighted by Gasteiger charge is 2.27. The van der Waals surface area contributed by atoms with Crippen LogP contribution in [-0.2, 0) is 21.4 Å². The van der Waals surface area contributed by atoms with Crippen molar-refractivity contribution in [3.05, 3.63) is 89.4 Å². The Hall–Kier alpha value is -3.03. The number of ether oxygens (including phenoxy) is 1. The van der Waals surface area contributed by atoms with Gasteiger partial charge in [-0.2, -0.15) is 0 Å². The average Bonchev–Trinajstić information content (AvgIpc) is 2.78. The molecule has 0 saturated heterocycles. The molecule has 3 aromatic rings. The summed E-state index contributed by atoms with van der Waals surface area (Å²) in [4.78, 5) is 12.7. The molecule has 0 fully saturated rings. The Morgan fingerprint density at radius 3 is 2.23 bits per heavy atom. The minimum atomic E-state index is -3.96. The summed E-state index contributed by atoms with van der Waals surface area (Å²) in [6.07, 6.45) is 0. The second kappa shape index (κ2) is 10.3. The summed E-state index contributed by atoms with van der Waals surface area (Å²) in [6, 6.07) is 21.7. The van der Waals surface area contributed by atoms with E-state index in [2.05, 4.69) is 5.32 Å². The van der Waals surface area contributed by atoms with E-state index in [1.54, 1.807) is 30.3 Å². The number of rotatable bonds is 9. The van der Waals surface area contributed by atoms with E-state index in [4.69, 9.17) is 16.3 Å². The number of anilines is 1. The molecule has 1 amide bonds. The molecule has 0 atom stereocenters. The van der Waals surface area contributed by atoms with Crippen molar-refractivity contribution in [3.8, 4) is 5.75 Å². The minimum Gasteiger partial charge on any atom is -0.494 e. The summed E-state index contributed by atoms with van der Waals surface area (Å²) in [6.45, 7) is 2.40. The molecule has 0 unspecified atom stereocenters. The molecule has 8 heteroatoms. The molecule has 0 bridgehead atoms. The van der Waals surface area contributed by atoms with Crippen molar-refractivity contribution < 1.29 is 17.9 Å². The smallest absolute Gasteiger partial charge is 0.264 e. The highest BCUT2D eigenvalue weighted by molar-refractivity contribution is 7.92. The van der Waals surface area contributed by atoms with Crippen molar-refractivity contribution >= 4 is 33.2 Å². The lowest BCUT2D eigenvalue weighted by atomic mass is 10.2. The second-order valence-electron chi connectivity index (χ2n) is 6.65. The van der Waals surface area contributed by atoms with Crippen LogP contribution in [0.5, 0.6) is 5.75 Å². The molecule has 0 aliphatic rings. The fraction of sp³-hybridized carbons (Fsp3) is 0.174. The molecular formula is C23H23ClN2O4S. The Morgan fingerprint density at radius 2 is 1.61 bits per heavy atom. The summed E-state index contributed by atoms with van der Waals surface area (Å²) in [5, 5.41) is 3.21. The predicted molar refractivity (Wildman–Crippen MR) is 122 cm³/mol. The molecule has 1 N–H and O–H groups in total. The average molecular weight is 459 g/mol. The van der Waals surface area contributed by atoms with Gasteiger partial charge in [0.1, 0.15) is 12.3 Å². The normalized spacial score (nSPS) is 11.0. The fourth-order valence-corrected chi connectivity index (χ4v) is 4.45. The molecule has 3 aromatic carbocycles. The van der Waals surface area contributed by atoms with Gasteiger partial charge in [0.2, 0.25) is 5.91 Å². The lowest BCUT2D eigenvalue weighted by Crippen LogP contribution is -2.40. The highest BCUT2D eigenvalue weighted by Crippen LogP contribution is 2.24. The molecule has 3 rings (SSSR count). The molecule has 162 valence electrons. The van der Waals surface area contributed by atoms with Crippen LogP contribution in [0.3, 0.4) is 0 Å². The van der Waals surface area contributed by atoms with E-state index in [-0.39, 0.29) is 18.0 Å². The maximum Gasteiger partial charge on any atom is 0.264 e. The number of amides is 1. The molecule has 0 aliphatic carbocycles. The lowest BCUT2D eigenvalue weighted by molar-refractivity contribution is -0.119. The number of benzene rings is 3. The van der Waals surface area contributed by atoms with E-state index in [1.165, 1.54) is 24.3 Å². The Morgan fingerprint density at radius 1 is 0.968 bits per heavy atom. The van der Waals surface area contributed by atoms with Gasteiger partial charge in [-0.3, -0.25) is 9.10 Å². The number of nitrogens with one attached hydrogen (secondary N) is 1. The first kappa shape index (κ1) is 22.7. The topological polar surface area (TPSA) is 75.7 Å². The van der Waals surface area contributed by atoms with Gasteiger partial charge >= 0.3 is 0 Å². The zero-order valence-electron chi connectivity index (χ0n) is 17.0. The molecule has 0 heterocycles. The Balaban J connectivity index is 1.76. The van der Waals surface area contributed by atoms with Crippen LogP contribution in [0.25, 0.3) is 0 Å². The molecule has 0 radical (unpaired) electrons. The third-order valence-electron chi connectivity index (χ3n) is 4.46. The maximum atomic E-state index is 13.2. The van der Waals surface area contributed by atoms with Crippen molar-refractivity contribution in [1.29, 1.82) is 0 Å². The van der Waals surface area contributed by atoms with Crippen LogP contribution in [-0.4, -0.2) is 27.5 Å². The number of para-hydroxylation sites is 1. The van der Waals surface area contributed by atoms with E-state index in [0.29, 0.717) is 17.3 Å². The van der Waals surface area contributed by atoms with Crippen LogP contribution in [0.4, 0.5) is 5.69 Å². The minimum absolute atomic E-state index is 0.0556. The number of carbonyl (C=O) groups is 1. The van der Waals surface area contributed by atoms with Gasteiger partial charge in [-0.25, -0.2) is 8.42 Å². The molecular weight excluding hydrogens is 436 g/mol. The number of carbonyl (C=O) groups excluding carboxylic acids is 1. The first-order valence-corrected chi connectivity index (χ1v) is 11.5. The largest absolute Gasteiger partial charge is 0.494 e. The molecule has 6 nitrogen and oxygen atoms in total. The van der Waals surface area contributed by atoms with E-state index in [9.17, 15) is 13.2 Å². The standard InChI is InChI=1S/C23H23ClN2O4S/c1-2-30-21-12-8-18(9-13-21)16-25-23(27)17-26(20-6-4-3-5-7-20)31(28,29)22-14-10-19(24)11-15-22/h3-15H,2,16-17H2,1H3,(H,25,27). The van der Waals surface area contributed by atoms with Crippen molar-refractivity contribution in [2.75, 3.05) is 17.5 Å². The Labute approximate surface area is 187 Å². The first-order chi connectivity index (χ1) is 14.9. The Bertz CT molecular complexity index is 1100. The van der Waals surface area contributed by atoms with Crippen molar-refractivity contribution in [2.45, 2.75) is 18.4 Å². The third kappa shape index (κ3) is 5.99. The summed E-state index contributed by atoms with van der Waals surface area (Å²) in [5.74, 6) is 0.331. The summed E-state index contributed by atoms with van der Waals surface area (Å²) < 4.78 is 33.0. The molecule has 0 aromatic heterocycles. The zero-order chi connectivity index (χ0) is 22.3. The van der Waals surface area contributed by atoms with Crippen LogP contribution in [0.15, 0.2) is 83.8 Å². The van der Waals surface area contributed by atoms with Gasteiger partial charge in [0.25, 0.3) is 10.0 Å². The second-order valence-corrected chi connectivity index (χ2v) is 8.95. The number of sulfonamides is 1. The molecule has 0 spiro atoms. The van der Waals surface area contributed by atoms with Crippen molar-refractivity contribution in [1.82, 2.24) is 5.32 Å². The van der Waals surface area contributed by atoms with Gasteiger partial charge in [0, 0.05) is 11.6 Å². The van der Waals surface area contributed by atoms with Crippen LogP contribution in [0, 0.1) is 0 Å². The lowest BCUT2D eigenvalue weighted by Gasteiger charge is -2.24. The van der Waals surface area contributed by atoms with E-state index < -0.39 is 15.9 Å². The van der Waals surface area contributed by atoms with Gasteiger partial charge < -0.3 is 10.1 Å². The first-order valence-electron chi connectivity index (χ1n) is 9.72. The summed E-state index contributed by atoms with van der Waals surface area (Å²) in [5.41, 5.74) is 1.28. The molecule has 31 heavy (non-hydrogen) atoms. The van der Waals surface area contributed by atoms with Crippen LogP contribution in [0.2, 0.25) is 5.02 Å². The van der Waals surface area contributed by atoms with E-state index >= 15 is 0 Å². The fourth-order valence-electron chi connectivity index (χ4n) is 2.90. The third-order valence-corrected chi connectivity index (χ3v) is 6.50. The summed E-state index contributed by atoms with van der Waals surface area (Å²) >= 11 is 5.89. The predicted octanol–water partition coefficient (Wildman–Crippen LogP) is 4.25. The van der Waals surface area contributed by atoms with Gasteiger partial charge in [-0.15, -0.1) is 0 Å². The van der Waals surface area contributed by atoms with E-state index in [1.807, 2.05) is 31.2 Å².